The zero-order valence-corrected chi connectivity index (χ0v) is 12.9. The van der Waals surface area contributed by atoms with Crippen LogP contribution in [0.15, 0.2) is 17.0 Å². The summed E-state index contributed by atoms with van der Waals surface area (Å²) >= 11 is 0. The maximum Gasteiger partial charge on any atom is 0.243 e. The molecule has 1 aromatic carbocycles. The Hall–Kier alpha value is -1.11. The van der Waals surface area contributed by atoms with Crippen LogP contribution in [0.1, 0.15) is 18.1 Å². The molecule has 0 aliphatic heterocycles. The molecule has 5 nitrogen and oxygen atoms in total. The van der Waals surface area contributed by atoms with E-state index in [1.807, 2.05) is 0 Å². The van der Waals surface area contributed by atoms with Crippen molar-refractivity contribution in [3.63, 3.8) is 0 Å². The minimum Gasteiger partial charge on any atom is -0.392 e. The number of nitrogens with one attached hydrogen (secondary N) is 1. The third-order valence-corrected chi connectivity index (χ3v) is 5.07. The zero-order valence-electron chi connectivity index (χ0n) is 12.1. The molecule has 0 fully saturated rings. The van der Waals surface area contributed by atoms with Crippen molar-refractivity contribution in [3.8, 4) is 0 Å². The second kappa shape index (κ2) is 5.90. The molecule has 0 spiro atoms. The number of aryl methyl sites for hydroxylation is 2. The average Bonchev–Trinajstić information content (AvgIpc) is 2.26. The van der Waals surface area contributed by atoms with Crippen LogP contribution in [0, 0.1) is 13.8 Å². The van der Waals surface area contributed by atoms with Crippen LogP contribution in [0.25, 0.3) is 0 Å². The van der Waals surface area contributed by atoms with Crippen molar-refractivity contribution in [2.75, 3.05) is 26.0 Å². The number of sulfonamides is 1. The molecular formula is C13H22N2O3S. The molecule has 1 unspecified atom stereocenters. The van der Waals surface area contributed by atoms with Crippen molar-refractivity contribution in [2.24, 2.45) is 0 Å². The van der Waals surface area contributed by atoms with Crippen LogP contribution in [0.2, 0.25) is 0 Å². The van der Waals surface area contributed by atoms with Gasteiger partial charge in [-0.1, -0.05) is 0 Å². The van der Waals surface area contributed by atoms with E-state index in [0.29, 0.717) is 16.0 Å². The molecule has 0 saturated carbocycles. The molecule has 0 aliphatic carbocycles. The monoisotopic (exact) mass is 286 g/mol. The summed E-state index contributed by atoms with van der Waals surface area (Å²) in [6.07, 6.45) is -0.697. The van der Waals surface area contributed by atoms with Gasteiger partial charge < -0.3 is 10.4 Å². The van der Waals surface area contributed by atoms with E-state index in [1.54, 1.807) is 40.0 Å². The number of likely N-dealkylation sites (N-methyl/N-ethyl adjacent to an activating group) is 1. The van der Waals surface area contributed by atoms with Gasteiger partial charge in [0.05, 0.1) is 11.0 Å². The Morgan fingerprint density at radius 1 is 1.32 bits per heavy atom. The van der Waals surface area contributed by atoms with Gasteiger partial charge in [-0.15, -0.1) is 0 Å². The lowest BCUT2D eigenvalue weighted by Gasteiger charge is -2.21. The Labute approximate surface area is 115 Å². The van der Waals surface area contributed by atoms with Gasteiger partial charge in [-0.05, 0) is 44.0 Å². The summed E-state index contributed by atoms with van der Waals surface area (Å²) in [4.78, 5) is 0.314. The summed E-state index contributed by atoms with van der Waals surface area (Å²) in [5.74, 6) is 0. The van der Waals surface area contributed by atoms with E-state index >= 15 is 0 Å². The fraction of sp³-hybridized carbons (Fsp3) is 0.538. The first-order chi connectivity index (χ1) is 8.70. The smallest absolute Gasteiger partial charge is 0.243 e. The Bertz CT molecular complexity index is 530. The predicted molar refractivity (Wildman–Crippen MR) is 77.0 cm³/mol. The molecule has 19 heavy (non-hydrogen) atoms. The lowest BCUT2D eigenvalue weighted by atomic mass is 10.1. The number of aliphatic hydroxyl groups is 1. The van der Waals surface area contributed by atoms with Crippen LogP contribution >= 0.6 is 0 Å². The molecule has 0 radical (unpaired) electrons. The fourth-order valence-electron chi connectivity index (χ4n) is 2.13. The van der Waals surface area contributed by atoms with Gasteiger partial charge in [-0.2, -0.15) is 4.31 Å². The number of hydrogen-bond donors (Lipinski definition) is 2. The summed E-state index contributed by atoms with van der Waals surface area (Å²) in [5, 5.41) is 12.3. The first-order valence-corrected chi connectivity index (χ1v) is 7.57. The number of nitrogens with zero attached hydrogens (tertiary/aromatic N) is 1. The molecule has 6 heteroatoms. The Morgan fingerprint density at radius 3 is 2.16 bits per heavy atom. The van der Waals surface area contributed by atoms with E-state index in [4.69, 9.17) is 0 Å². The number of hydrogen-bond acceptors (Lipinski definition) is 4. The molecule has 0 aliphatic rings. The summed E-state index contributed by atoms with van der Waals surface area (Å²) in [6, 6.07) is 3.60. The number of anilines is 1. The van der Waals surface area contributed by atoms with Gasteiger partial charge in [0.2, 0.25) is 10.0 Å². The van der Waals surface area contributed by atoms with Crippen LogP contribution in [-0.4, -0.2) is 44.6 Å². The van der Waals surface area contributed by atoms with Gasteiger partial charge in [-0.25, -0.2) is 8.42 Å². The molecule has 1 aromatic rings. The van der Waals surface area contributed by atoms with Crippen LogP contribution < -0.4 is 5.32 Å². The Morgan fingerprint density at radius 2 is 1.79 bits per heavy atom. The van der Waals surface area contributed by atoms with E-state index in [9.17, 15) is 13.5 Å². The van der Waals surface area contributed by atoms with Crippen molar-refractivity contribution in [1.29, 1.82) is 0 Å². The fourth-order valence-corrected chi connectivity index (χ4v) is 3.78. The van der Waals surface area contributed by atoms with Gasteiger partial charge in [-0.3, -0.25) is 0 Å². The van der Waals surface area contributed by atoms with E-state index in [2.05, 4.69) is 5.32 Å². The summed E-state index contributed by atoms with van der Waals surface area (Å²) in [7, 11) is -0.302. The maximum absolute atomic E-state index is 12.5. The zero-order chi connectivity index (χ0) is 14.8. The Balaban J connectivity index is 3.29. The molecule has 0 saturated heterocycles. The Kier molecular flexibility index (Phi) is 4.95. The van der Waals surface area contributed by atoms with Crippen LogP contribution in [0.3, 0.4) is 0 Å². The number of rotatable bonds is 5. The van der Waals surface area contributed by atoms with Crippen molar-refractivity contribution in [2.45, 2.75) is 31.8 Å². The van der Waals surface area contributed by atoms with E-state index < -0.39 is 16.1 Å². The predicted octanol–water partition coefficient (Wildman–Crippen LogP) is 1.35. The summed E-state index contributed by atoms with van der Waals surface area (Å²) in [6.45, 7) is 5.19. The van der Waals surface area contributed by atoms with Gasteiger partial charge in [0.15, 0.2) is 0 Å². The van der Waals surface area contributed by atoms with Crippen molar-refractivity contribution in [1.82, 2.24) is 4.31 Å². The van der Waals surface area contributed by atoms with Crippen molar-refractivity contribution in [3.05, 3.63) is 23.3 Å². The molecule has 108 valence electrons. The molecule has 1 rings (SSSR count). The average molecular weight is 286 g/mol. The van der Waals surface area contributed by atoms with Crippen molar-refractivity contribution < 1.29 is 13.5 Å². The SMILES string of the molecule is CNc1cc(C)c(S(=O)(=O)N(C)CC(C)O)c(C)c1. The molecule has 1 atom stereocenters. The molecule has 0 heterocycles. The highest BCUT2D eigenvalue weighted by Gasteiger charge is 2.25. The largest absolute Gasteiger partial charge is 0.392 e. The highest BCUT2D eigenvalue weighted by Crippen LogP contribution is 2.26. The molecule has 0 amide bonds. The van der Waals surface area contributed by atoms with Gasteiger partial charge >= 0.3 is 0 Å². The minimum atomic E-state index is -3.57. The number of aliphatic hydroxyl groups excluding tert-OH is 1. The maximum atomic E-state index is 12.5. The van der Waals surface area contributed by atoms with Crippen LogP contribution in [-0.2, 0) is 10.0 Å². The highest BCUT2D eigenvalue weighted by atomic mass is 32.2. The minimum absolute atomic E-state index is 0.0784. The second-order valence-electron chi connectivity index (χ2n) is 4.82. The first kappa shape index (κ1) is 15.9. The van der Waals surface area contributed by atoms with Gasteiger partial charge in [0, 0.05) is 26.3 Å². The first-order valence-electron chi connectivity index (χ1n) is 6.13. The topological polar surface area (TPSA) is 69.6 Å². The third kappa shape index (κ3) is 3.46. The molecule has 0 bridgehead atoms. The van der Waals surface area contributed by atoms with Crippen molar-refractivity contribution >= 4 is 15.7 Å². The standard InChI is InChI=1S/C13H22N2O3S/c1-9-6-12(14-4)7-10(2)13(9)19(17,18)15(5)8-11(3)16/h6-7,11,14,16H,8H2,1-5H3. The third-order valence-electron chi connectivity index (χ3n) is 2.94. The summed E-state index contributed by atoms with van der Waals surface area (Å²) in [5.41, 5.74) is 2.27. The van der Waals surface area contributed by atoms with E-state index in [0.717, 1.165) is 5.69 Å². The quantitative estimate of drug-likeness (QED) is 0.857. The van der Waals surface area contributed by atoms with Crippen LogP contribution in [0.5, 0.6) is 0 Å². The van der Waals surface area contributed by atoms with E-state index in [-0.39, 0.29) is 6.54 Å². The normalized spacial score (nSPS) is 13.6. The molecular weight excluding hydrogens is 264 g/mol. The highest BCUT2D eigenvalue weighted by molar-refractivity contribution is 7.89. The summed E-state index contributed by atoms with van der Waals surface area (Å²) < 4.78 is 26.2. The van der Waals surface area contributed by atoms with Crippen LogP contribution in [0.4, 0.5) is 5.69 Å². The molecule has 2 N–H and O–H groups in total. The van der Waals surface area contributed by atoms with E-state index in [1.165, 1.54) is 11.4 Å². The lowest BCUT2D eigenvalue weighted by Crippen LogP contribution is -2.33. The van der Waals surface area contributed by atoms with Gasteiger partial charge in [0.25, 0.3) is 0 Å². The molecule has 0 aromatic heterocycles. The number of benzene rings is 1. The lowest BCUT2D eigenvalue weighted by molar-refractivity contribution is 0.171. The second-order valence-corrected chi connectivity index (χ2v) is 6.81. The van der Waals surface area contributed by atoms with Gasteiger partial charge in [0.1, 0.15) is 0 Å².